The van der Waals surface area contributed by atoms with Crippen molar-refractivity contribution in [2.75, 3.05) is 6.61 Å². The lowest BCUT2D eigenvalue weighted by molar-refractivity contribution is -0.137. The van der Waals surface area contributed by atoms with Gasteiger partial charge in [0.2, 0.25) is 0 Å². The minimum absolute atomic E-state index is 0. The van der Waals surface area contributed by atoms with Gasteiger partial charge in [0.25, 0.3) is 0 Å². The molecular weight excluding hydrogens is 462 g/mol. The van der Waals surface area contributed by atoms with Gasteiger partial charge >= 0.3 is 12.1 Å². The molecule has 0 fully saturated rings. The highest BCUT2D eigenvalue weighted by atomic mass is 35.5. The van der Waals surface area contributed by atoms with Crippen LogP contribution < -0.4 is 5.32 Å². The Hall–Kier alpha value is -3.31. The molecule has 184 valence electrons. The van der Waals surface area contributed by atoms with Crippen molar-refractivity contribution in [1.29, 1.82) is 0 Å². The van der Waals surface area contributed by atoms with Crippen molar-refractivity contribution in [2.24, 2.45) is 0 Å². The van der Waals surface area contributed by atoms with Crippen LogP contribution in [-0.2, 0) is 21.4 Å². The molecule has 3 aromatic carbocycles. The van der Waals surface area contributed by atoms with Crippen molar-refractivity contribution < 1.29 is 19.4 Å². The first-order chi connectivity index (χ1) is 16.2. The fourth-order valence-electron chi connectivity index (χ4n) is 4.62. The Morgan fingerprint density at radius 2 is 1.46 bits per heavy atom. The molecule has 35 heavy (non-hydrogen) atoms. The number of ether oxygens (including phenoxy) is 1. The van der Waals surface area contributed by atoms with Gasteiger partial charge in [0.15, 0.2) is 0 Å². The van der Waals surface area contributed by atoms with Crippen LogP contribution in [0, 0.1) is 0 Å². The van der Waals surface area contributed by atoms with Gasteiger partial charge < -0.3 is 15.2 Å². The van der Waals surface area contributed by atoms with Gasteiger partial charge in [-0.3, -0.25) is 4.79 Å². The topological polar surface area (TPSA) is 75.6 Å². The number of carboxylic acid groups (broad SMARTS) is 1. The van der Waals surface area contributed by atoms with E-state index in [9.17, 15) is 14.7 Å². The minimum Gasteiger partial charge on any atom is -0.481 e. The first kappa shape index (κ1) is 26.3. The summed E-state index contributed by atoms with van der Waals surface area (Å²) < 4.78 is 5.61. The van der Waals surface area contributed by atoms with E-state index < -0.39 is 18.1 Å². The number of alkyl carbamates (subject to hydrolysis) is 1. The van der Waals surface area contributed by atoms with Crippen molar-refractivity contribution in [3.8, 4) is 11.1 Å². The molecule has 0 spiro atoms. The zero-order valence-corrected chi connectivity index (χ0v) is 21.1. The molecule has 4 rings (SSSR count). The zero-order valence-electron chi connectivity index (χ0n) is 20.3. The smallest absolute Gasteiger partial charge is 0.407 e. The van der Waals surface area contributed by atoms with Crippen LogP contribution in [0.1, 0.15) is 55.4 Å². The van der Waals surface area contributed by atoms with E-state index in [1.54, 1.807) is 0 Å². The fourth-order valence-corrected chi connectivity index (χ4v) is 4.62. The molecule has 0 radical (unpaired) electrons. The van der Waals surface area contributed by atoms with Gasteiger partial charge in [-0.1, -0.05) is 93.6 Å². The van der Waals surface area contributed by atoms with E-state index in [0.717, 1.165) is 27.8 Å². The Morgan fingerprint density at radius 3 is 1.97 bits per heavy atom. The molecule has 5 nitrogen and oxygen atoms in total. The first-order valence-corrected chi connectivity index (χ1v) is 11.6. The Kier molecular flexibility index (Phi) is 8.23. The number of aliphatic carboxylic acids is 1. The van der Waals surface area contributed by atoms with E-state index in [4.69, 9.17) is 4.74 Å². The summed E-state index contributed by atoms with van der Waals surface area (Å²) >= 11 is 0. The summed E-state index contributed by atoms with van der Waals surface area (Å²) in [7, 11) is 0. The lowest BCUT2D eigenvalue weighted by atomic mass is 9.86. The fraction of sp³-hybridized carbons (Fsp3) is 0.310. The maximum Gasteiger partial charge on any atom is 0.407 e. The maximum absolute atomic E-state index is 12.7. The molecule has 3 aromatic rings. The Morgan fingerprint density at radius 1 is 0.914 bits per heavy atom. The van der Waals surface area contributed by atoms with Gasteiger partial charge in [-0.25, -0.2) is 4.79 Å². The summed E-state index contributed by atoms with van der Waals surface area (Å²) in [5.41, 5.74) is 6.81. The van der Waals surface area contributed by atoms with E-state index in [-0.39, 0.29) is 36.8 Å². The number of hydrogen-bond acceptors (Lipinski definition) is 3. The number of amides is 1. The largest absolute Gasteiger partial charge is 0.481 e. The third kappa shape index (κ3) is 6.23. The van der Waals surface area contributed by atoms with Crippen molar-refractivity contribution in [3.05, 3.63) is 95.1 Å². The number of carboxylic acids is 1. The van der Waals surface area contributed by atoms with Gasteiger partial charge in [0.05, 0.1) is 6.42 Å². The van der Waals surface area contributed by atoms with Gasteiger partial charge in [-0.2, -0.15) is 0 Å². The van der Waals surface area contributed by atoms with Gasteiger partial charge in [0.1, 0.15) is 6.61 Å². The predicted molar refractivity (Wildman–Crippen MR) is 140 cm³/mol. The molecule has 0 unspecified atom stereocenters. The number of hydrogen-bond donors (Lipinski definition) is 2. The number of carbonyl (C=O) groups excluding carboxylic acids is 1. The lowest BCUT2D eigenvalue weighted by Crippen LogP contribution is -2.39. The van der Waals surface area contributed by atoms with Crippen LogP contribution in [0.3, 0.4) is 0 Å². The molecule has 6 heteroatoms. The molecule has 0 aliphatic heterocycles. The van der Waals surface area contributed by atoms with Crippen LogP contribution in [0.25, 0.3) is 11.1 Å². The monoisotopic (exact) mass is 493 g/mol. The molecule has 2 N–H and O–H groups in total. The Bertz CT molecular complexity index is 1140. The first-order valence-electron chi connectivity index (χ1n) is 11.6. The molecule has 0 heterocycles. The van der Waals surface area contributed by atoms with Gasteiger partial charge in [-0.05, 0) is 45.2 Å². The molecule has 1 aliphatic carbocycles. The third-order valence-electron chi connectivity index (χ3n) is 6.39. The number of fused-ring (bicyclic) bond motifs is 3. The Labute approximate surface area is 212 Å². The van der Waals surface area contributed by atoms with Crippen LogP contribution in [0.2, 0.25) is 0 Å². The molecule has 1 aliphatic rings. The quantitative estimate of drug-likeness (QED) is 0.403. The highest BCUT2D eigenvalue weighted by Crippen LogP contribution is 2.44. The normalized spacial score (nSPS) is 13.2. The third-order valence-corrected chi connectivity index (χ3v) is 6.39. The number of carbonyl (C=O) groups is 2. The van der Waals surface area contributed by atoms with E-state index in [2.05, 4.69) is 62.5 Å². The number of nitrogens with one attached hydrogen (secondary N) is 1. The van der Waals surface area contributed by atoms with E-state index >= 15 is 0 Å². The van der Waals surface area contributed by atoms with Crippen molar-refractivity contribution >= 4 is 24.5 Å². The lowest BCUT2D eigenvalue weighted by Gasteiger charge is -2.21. The molecule has 0 saturated carbocycles. The van der Waals surface area contributed by atoms with Gasteiger partial charge in [0, 0.05) is 12.0 Å². The summed E-state index contributed by atoms with van der Waals surface area (Å²) in [5, 5.41) is 12.1. The zero-order chi connectivity index (χ0) is 24.3. The van der Waals surface area contributed by atoms with Crippen LogP contribution in [0.5, 0.6) is 0 Å². The number of rotatable bonds is 7. The van der Waals surface area contributed by atoms with Crippen LogP contribution in [-0.4, -0.2) is 29.8 Å². The maximum atomic E-state index is 12.7. The summed E-state index contributed by atoms with van der Waals surface area (Å²) in [6, 6.07) is 23.8. The van der Waals surface area contributed by atoms with E-state index in [0.29, 0.717) is 6.42 Å². The summed E-state index contributed by atoms with van der Waals surface area (Å²) in [6.07, 6.45) is -0.356. The molecule has 1 amide bonds. The van der Waals surface area contributed by atoms with Crippen LogP contribution >= 0.6 is 12.4 Å². The SMILES string of the molecule is CC(C)(C)c1ccc(C[C@@H](CC(=O)O)NC(=O)OCC2c3ccccc3-c3ccccc32)cc1.Cl. The van der Waals surface area contributed by atoms with Crippen molar-refractivity contribution in [1.82, 2.24) is 5.32 Å². The van der Waals surface area contributed by atoms with Gasteiger partial charge in [-0.15, -0.1) is 12.4 Å². The molecule has 0 aromatic heterocycles. The molecular formula is C29H32ClNO4. The van der Waals surface area contributed by atoms with E-state index in [1.807, 2.05) is 36.4 Å². The van der Waals surface area contributed by atoms with Crippen LogP contribution in [0.4, 0.5) is 4.79 Å². The number of halogens is 1. The van der Waals surface area contributed by atoms with Crippen molar-refractivity contribution in [2.45, 2.75) is 51.0 Å². The standard InChI is InChI=1S/C29H31NO4.ClH/c1-29(2,3)20-14-12-19(13-15-20)16-21(17-27(31)32)30-28(33)34-18-26-24-10-6-4-8-22(24)23-9-5-7-11-25(23)26;/h4-15,21,26H,16-18H2,1-3H3,(H,30,33)(H,31,32);1H/t21-;/m0./s1. The second-order valence-corrected chi connectivity index (χ2v) is 9.92. The minimum atomic E-state index is -0.963. The average Bonchev–Trinajstić information content (AvgIpc) is 3.11. The second kappa shape index (κ2) is 11.0. The Balaban J connectivity index is 0.00000342. The molecule has 0 saturated heterocycles. The summed E-state index contributed by atoms with van der Waals surface area (Å²) in [5.74, 6) is -1.00. The predicted octanol–water partition coefficient (Wildman–Crippen LogP) is 6.33. The highest BCUT2D eigenvalue weighted by Gasteiger charge is 2.29. The van der Waals surface area contributed by atoms with Crippen LogP contribution in [0.15, 0.2) is 72.8 Å². The second-order valence-electron chi connectivity index (χ2n) is 9.92. The average molecular weight is 494 g/mol. The molecule has 0 bridgehead atoms. The summed E-state index contributed by atoms with van der Waals surface area (Å²) in [4.78, 5) is 24.1. The van der Waals surface area contributed by atoms with E-state index in [1.165, 1.54) is 5.56 Å². The molecule has 1 atom stereocenters. The number of benzene rings is 3. The van der Waals surface area contributed by atoms with Crippen molar-refractivity contribution in [3.63, 3.8) is 0 Å². The highest BCUT2D eigenvalue weighted by molar-refractivity contribution is 5.85. The summed E-state index contributed by atoms with van der Waals surface area (Å²) in [6.45, 7) is 6.63.